The van der Waals surface area contributed by atoms with Crippen molar-refractivity contribution in [3.8, 4) is 0 Å². The number of halogens is 4. The maximum absolute atomic E-state index is 9.75. The summed E-state index contributed by atoms with van der Waals surface area (Å²) >= 11 is 0. The van der Waals surface area contributed by atoms with Crippen molar-refractivity contribution < 1.29 is 18.7 Å². The molecule has 0 spiro atoms. The minimum absolute atomic E-state index is 0. The van der Waals surface area contributed by atoms with Crippen molar-refractivity contribution in [1.82, 2.24) is 0 Å². The van der Waals surface area contributed by atoms with Crippen LogP contribution in [0.3, 0.4) is 0 Å². The molecule has 0 amide bonds. The first-order valence-corrected chi connectivity index (χ1v) is 4.99. The van der Waals surface area contributed by atoms with Gasteiger partial charge in [-0.25, -0.2) is 0 Å². The number of nitrogens with zero attached hydrogens (tertiary/aromatic N) is 1. The number of hydrogen-bond donors (Lipinski definition) is 0. The topological polar surface area (TPSA) is 3.24 Å². The van der Waals surface area contributed by atoms with Crippen LogP contribution in [0, 0.1) is 0 Å². The largest absolute Gasteiger partial charge is 1.00 e. The normalized spacial score (nSPS) is 14.2. The van der Waals surface area contributed by atoms with E-state index in [1.54, 1.807) is 0 Å². The Labute approximate surface area is 98.6 Å². The van der Waals surface area contributed by atoms with Gasteiger partial charge in [-0.3, -0.25) is 0 Å². The summed E-state index contributed by atoms with van der Waals surface area (Å²) in [7, 11) is -6.00. The molecule has 0 saturated heterocycles. The molecule has 0 aliphatic carbocycles. The molecule has 2 rings (SSSR count). The number of allylic oxidation sites excluding steroid dienone is 2. The molecule has 0 aromatic heterocycles. The van der Waals surface area contributed by atoms with E-state index in [-0.39, 0.29) is 1.43 Å². The van der Waals surface area contributed by atoms with Crippen LogP contribution in [0.15, 0.2) is 54.8 Å². The van der Waals surface area contributed by atoms with Crippen LogP contribution in [0.1, 0.15) is 1.43 Å². The molecule has 0 saturated carbocycles. The zero-order valence-electron chi connectivity index (χ0n) is 9.94. The Balaban J connectivity index is 0.000000421. The first-order valence-electron chi connectivity index (χ1n) is 4.99. The molecular weight excluding hydrogens is 233 g/mol. The summed E-state index contributed by atoms with van der Waals surface area (Å²) < 4.78 is 39.0. The quantitative estimate of drug-likeness (QED) is 0.534. The highest BCUT2D eigenvalue weighted by Crippen LogP contribution is 2.14. The summed E-state index contributed by atoms with van der Waals surface area (Å²) in [6.07, 6.45) is 8.36. The first kappa shape index (κ1) is 13.4. The molecule has 0 N–H and O–H groups in total. The molecule has 1 aromatic carbocycles. The maximum Gasteiger partial charge on any atom is 1.00 e. The van der Waals surface area contributed by atoms with Crippen molar-refractivity contribution in [2.24, 2.45) is 0 Å². The molecule has 0 radical (unpaired) electrons. The lowest BCUT2D eigenvalue weighted by Gasteiger charge is -2.20. The molecule has 92 valence electrons. The third kappa shape index (κ3) is 6.45. The van der Waals surface area contributed by atoms with Crippen LogP contribution in [0.2, 0.25) is 0 Å². The van der Waals surface area contributed by atoms with Crippen molar-refractivity contribution in [3.05, 3.63) is 54.8 Å². The van der Waals surface area contributed by atoms with Gasteiger partial charge in [0.2, 0.25) is 0 Å². The number of hydrogen-bond acceptors (Lipinski definition) is 1. The fourth-order valence-electron chi connectivity index (χ4n) is 1.28. The standard InChI is InChI=1S/C11H11N.BF4/c1-3-7-11(8-4-1)12-9-5-2-6-10-12;2-1(3,4)5/h1-9H,10H2;/q;-1/p+1. The summed E-state index contributed by atoms with van der Waals surface area (Å²) in [5.74, 6) is 0. The van der Waals surface area contributed by atoms with E-state index in [0.717, 1.165) is 6.54 Å². The van der Waals surface area contributed by atoms with Crippen molar-refractivity contribution in [2.75, 3.05) is 11.4 Å². The second-order valence-corrected chi connectivity index (χ2v) is 3.25. The number of anilines is 1. The summed E-state index contributed by atoms with van der Waals surface area (Å²) in [5, 5.41) is 0. The second-order valence-electron chi connectivity index (χ2n) is 3.25. The van der Waals surface area contributed by atoms with Crippen molar-refractivity contribution in [2.45, 2.75) is 0 Å². The van der Waals surface area contributed by atoms with Gasteiger partial charge in [-0.2, -0.15) is 0 Å². The van der Waals surface area contributed by atoms with E-state index >= 15 is 0 Å². The first-order chi connectivity index (χ1) is 7.97. The molecule has 1 aromatic rings. The van der Waals surface area contributed by atoms with Gasteiger partial charge in [-0.1, -0.05) is 30.4 Å². The summed E-state index contributed by atoms with van der Waals surface area (Å²) in [5.41, 5.74) is 1.25. The fraction of sp³-hybridized carbons (Fsp3) is 0.0909. The van der Waals surface area contributed by atoms with Crippen LogP contribution in [-0.2, 0) is 0 Å². The van der Waals surface area contributed by atoms with Gasteiger partial charge in [0, 0.05) is 18.4 Å². The lowest BCUT2D eigenvalue weighted by molar-refractivity contribution is 0.368. The van der Waals surface area contributed by atoms with E-state index in [1.807, 2.05) is 6.07 Å². The van der Waals surface area contributed by atoms with Gasteiger partial charge < -0.3 is 22.2 Å². The Kier molecular flexibility index (Phi) is 4.81. The van der Waals surface area contributed by atoms with Crippen LogP contribution < -0.4 is 4.90 Å². The Morgan fingerprint density at radius 1 is 1.00 bits per heavy atom. The third-order valence-corrected chi connectivity index (χ3v) is 1.90. The van der Waals surface area contributed by atoms with Crippen LogP contribution in [0.4, 0.5) is 23.0 Å². The maximum atomic E-state index is 9.75. The van der Waals surface area contributed by atoms with E-state index in [1.165, 1.54) is 5.69 Å². The summed E-state index contributed by atoms with van der Waals surface area (Å²) in [6, 6.07) is 10.4. The minimum atomic E-state index is -6.00. The fourth-order valence-corrected chi connectivity index (χ4v) is 1.28. The summed E-state index contributed by atoms with van der Waals surface area (Å²) in [4.78, 5) is 2.21. The van der Waals surface area contributed by atoms with Gasteiger partial charge in [-0.05, 0) is 18.2 Å². The molecule has 0 atom stereocenters. The van der Waals surface area contributed by atoms with E-state index in [9.17, 15) is 17.3 Å². The molecule has 0 bridgehead atoms. The lowest BCUT2D eigenvalue weighted by Crippen LogP contribution is -2.16. The SMILES string of the molecule is C1=CCN(c2ccccc2)C=C1.F[B-](F)(F)F.[H+]. The van der Waals surface area contributed by atoms with E-state index in [0.29, 0.717) is 0 Å². The molecule has 17 heavy (non-hydrogen) atoms. The van der Waals surface area contributed by atoms with Crippen molar-refractivity contribution >= 4 is 12.9 Å². The highest BCUT2D eigenvalue weighted by molar-refractivity contribution is 6.50. The molecule has 0 fully saturated rings. The van der Waals surface area contributed by atoms with Gasteiger partial charge >= 0.3 is 8.68 Å². The van der Waals surface area contributed by atoms with Gasteiger partial charge in [-0.15, -0.1) is 0 Å². The molecule has 1 aliphatic heterocycles. The number of benzene rings is 1. The van der Waals surface area contributed by atoms with Crippen LogP contribution >= 0.6 is 0 Å². The molecule has 1 aliphatic rings. The highest BCUT2D eigenvalue weighted by atomic mass is 19.5. The number of rotatable bonds is 1. The van der Waals surface area contributed by atoms with Crippen LogP contribution in [0.25, 0.3) is 0 Å². The van der Waals surface area contributed by atoms with Gasteiger partial charge in [0.15, 0.2) is 0 Å². The Bertz CT molecular complexity index is 386. The predicted molar refractivity (Wildman–Crippen MR) is 63.4 cm³/mol. The van der Waals surface area contributed by atoms with Gasteiger partial charge in [0.05, 0.1) is 0 Å². The molecule has 1 nitrogen and oxygen atoms in total. The molecule has 1 heterocycles. The summed E-state index contributed by atoms with van der Waals surface area (Å²) in [6.45, 7) is 0.973. The van der Waals surface area contributed by atoms with E-state index < -0.39 is 7.25 Å². The minimum Gasteiger partial charge on any atom is -0.418 e. The average molecular weight is 245 g/mol. The monoisotopic (exact) mass is 245 g/mol. The van der Waals surface area contributed by atoms with Gasteiger partial charge in [0.25, 0.3) is 0 Å². The zero-order chi connectivity index (χ0) is 12.7. The third-order valence-electron chi connectivity index (χ3n) is 1.90. The molecular formula is C11H12BF4N. The highest BCUT2D eigenvalue weighted by Gasteiger charge is 2.20. The second kappa shape index (κ2) is 6.13. The van der Waals surface area contributed by atoms with Crippen molar-refractivity contribution in [3.63, 3.8) is 0 Å². The molecule has 0 unspecified atom stereocenters. The van der Waals surface area contributed by atoms with Crippen LogP contribution in [-0.4, -0.2) is 13.8 Å². The van der Waals surface area contributed by atoms with E-state index in [4.69, 9.17) is 0 Å². The lowest BCUT2D eigenvalue weighted by atomic mass is 10.2. The Morgan fingerprint density at radius 2 is 1.59 bits per heavy atom. The Hall–Kier alpha value is -1.72. The predicted octanol–water partition coefficient (Wildman–Crippen LogP) is 3.99. The smallest absolute Gasteiger partial charge is 0.418 e. The average Bonchev–Trinajstić information content (AvgIpc) is 2.29. The van der Waals surface area contributed by atoms with Gasteiger partial charge in [0.1, 0.15) is 0 Å². The van der Waals surface area contributed by atoms with Crippen LogP contribution in [0.5, 0.6) is 0 Å². The number of para-hydroxylation sites is 1. The Morgan fingerprint density at radius 3 is 2.06 bits per heavy atom. The van der Waals surface area contributed by atoms with E-state index in [2.05, 4.69) is 53.6 Å². The van der Waals surface area contributed by atoms with Crippen molar-refractivity contribution in [1.29, 1.82) is 0 Å². The molecule has 6 heteroatoms. The zero-order valence-corrected chi connectivity index (χ0v) is 8.94.